The number of nitrogens with one attached hydrogen (secondary N) is 1. The number of hydrogen-bond acceptors (Lipinski definition) is 5. The number of nitrogens with zero attached hydrogens (tertiary/aromatic N) is 2. The van der Waals surface area contributed by atoms with Crippen molar-refractivity contribution in [3.05, 3.63) is 88.5 Å². The number of ether oxygens (including phenoxy) is 1. The molecule has 0 saturated carbocycles. The van der Waals surface area contributed by atoms with Crippen molar-refractivity contribution in [2.24, 2.45) is 0 Å². The number of aromatic amines is 1. The number of fused-ring (bicyclic) bond motifs is 1. The number of benzene rings is 3. The van der Waals surface area contributed by atoms with Crippen molar-refractivity contribution in [3.8, 4) is 11.8 Å². The maximum absolute atomic E-state index is 13.6. The Hall–Kier alpha value is -4.29. The molecule has 1 aliphatic heterocycles. The average Bonchev–Trinajstić information content (AvgIpc) is 3.29. The molecule has 37 heavy (non-hydrogen) atoms. The fourth-order valence-corrected chi connectivity index (χ4v) is 4.33. The zero-order valence-corrected chi connectivity index (χ0v) is 19.7. The number of Topliss-reactive ketones (excluding diaryl/α,β-unsaturated/α-hetero) is 1. The van der Waals surface area contributed by atoms with Crippen molar-refractivity contribution < 1.29 is 22.7 Å². The lowest BCUT2D eigenvalue weighted by molar-refractivity contribution is -0.137. The van der Waals surface area contributed by atoms with E-state index in [0.29, 0.717) is 54.5 Å². The SMILES string of the molecule is Nc1n[nH]c2cccc(C#Cc3cccc(CC(=O)c4cc(N5CCOCC5)cc(C(F)(F)F)c4)c3)c12. The zero-order chi connectivity index (χ0) is 26.0. The van der Waals surface area contributed by atoms with Crippen LogP contribution in [-0.4, -0.2) is 42.3 Å². The molecule has 3 aromatic carbocycles. The summed E-state index contributed by atoms with van der Waals surface area (Å²) in [5, 5.41) is 7.60. The molecular formula is C28H23F3N4O2. The molecule has 0 spiro atoms. The Morgan fingerprint density at radius 3 is 2.62 bits per heavy atom. The van der Waals surface area contributed by atoms with Gasteiger partial charge >= 0.3 is 6.18 Å². The number of halogens is 3. The van der Waals surface area contributed by atoms with E-state index in [1.54, 1.807) is 29.2 Å². The Bertz CT molecular complexity index is 1530. The number of rotatable bonds is 4. The lowest BCUT2D eigenvalue weighted by Crippen LogP contribution is -2.36. The number of alkyl halides is 3. The second-order valence-electron chi connectivity index (χ2n) is 8.75. The molecular weight excluding hydrogens is 481 g/mol. The van der Waals surface area contributed by atoms with Crippen LogP contribution in [-0.2, 0) is 17.3 Å². The summed E-state index contributed by atoms with van der Waals surface area (Å²) in [6.07, 6.45) is -4.61. The third-order valence-corrected chi connectivity index (χ3v) is 6.19. The highest BCUT2D eigenvalue weighted by molar-refractivity contribution is 5.98. The fourth-order valence-electron chi connectivity index (χ4n) is 4.33. The summed E-state index contributed by atoms with van der Waals surface area (Å²) >= 11 is 0. The molecule has 2 heterocycles. The number of carbonyl (C=O) groups is 1. The van der Waals surface area contributed by atoms with E-state index in [-0.39, 0.29) is 12.0 Å². The molecule has 6 nitrogen and oxygen atoms in total. The molecule has 5 rings (SSSR count). The van der Waals surface area contributed by atoms with Gasteiger partial charge in [0, 0.05) is 41.9 Å². The second-order valence-corrected chi connectivity index (χ2v) is 8.75. The van der Waals surface area contributed by atoms with Gasteiger partial charge in [-0.3, -0.25) is 9.89 Å². The molecule has 1 saturated heterocycles. The molecule has 9 heteroatoms. The number of carbonyl (C=O) groups excluding carboxylic acids is 1. The molecule has 0 radical (unpaired) electrons. The first-order chi connectivity index (χ1) is 17.8. The molecule has 0 bridgehead atoms. The molecule has 4 aromatic rings. The van der Waals surface area contributed by atoms with Gasteiger partial charge in [0.25, 0.3) is 0 Å². The number of morpholine rings is 1. The predicted molar refractivity (Wildman–Crippen MR) is 135 cm³/mol. The van der Waals surface area contributed by atoms with Crippen molar-refractivity contribution in [2.45, 2.75) is 12.6 Å². The van der Waals surface area contributed by atoms with Crippen molar-refractivity contribution in [1.29, 1.82) is 0 Å². The van der Waals surface area contributed by atoms with Gasteiger partial charge in [-0.15, -0.1) is 0 Å². The van der Waals surface area contributed by atoms with Crippen LogP contribution in [0.1, 0.15) is 32.6 Å². The summed E-state index contributed by atoms with van der Waals surface area (Å²) in [4.78, 5) is 14.9. The maximum Gasteiger partial charge on any atom is 0.416 e. The first-order valence-corrected chi connectivity index (χ1v) is 11.7. The fraction of sp³-hybridized carbons (Fsp3) is 0.214. The van der Waals surface area contributed by atoms with Crippen LogP contribution < -0.4 is 10.6 Å². The number of H-pyrrole nitrogens is 1. The number of nitrogen functional groups attached to an aromatic ring is 1. The summed E-state index contributed by atoms with van der Waals surface area (Å²) in [6, 6.07) is 16.2. The van der Waals surface area contributed by atoms with Crippen LogP contribution >= 0.6 is 0 Å². The van der Waals surface area contributed by atoms with Crippen LogP contribution in [0.25, 0.3) is 10.9 Å². The normalized spacial score (nSPS) is 13.9. The lowest BCUT2D eigenvalue weighted by atomic mass is 9.98. The smallest absolute Gasteiger partial charge is 0.382 e. The minimum atomic E-state index is -4.56. The Labute approximate surface area is 211 Å². The minimum Gasteiger partial charge on any atom is -0.382 e. The summed E-state index contributed by atoms with van der Waals surface area (Å²) < 4.78 is 46.1. The largest absolute Gasteiger partial charge is 0.416 e. The topological polar surface area (TPSA) is 84.2 Å². The molecule has 1 aromatic heterocycles. The quantitative estimate of drug-likeness (QED) is 0.307. The molecule has 1 fully saturated rings. The predicted octanol–water partition coefficient (Wildman–Crippen LogP) is 4.83. The van der Waals surface area contributed by atoms with Gasteiger partial charge in [0.15, 0.2) is 11.6 Å². The van der Waals surface area contributed by atoms with Crippen molar-refractivity contribution in [2.75, 3.05) is 36.9 Å². The van der Waals surface area contributed by atoms with E-state index in [0.717, 1.165) is 23.0 Å². The van der Waals surface area contributed by atoms with Crippen molar-refractivity contribution >= 4 is 28.2 Å². The monoisotopic (exact) mass is 504 g/mol. The number of nitrogens with two attached hydrogens (primary N) is 1. The highest BCUT2D eigenvalue weighted by atomic mass is 19.4. The Morgan fingerprint density at radius 2 is 1.84 bits per heavy atom. The molecule has 1 aliphatic rings. The van der Waals surface area contributed by atoms with Crippen molar-refractivity contribution in [3.63, 3.8) is 0 Å². The Kier molecular flexibility index (Phi) is 6.59. The van der Waals surface area contributed by atoms with Gasteiger partial charge in [-0.2, -0.15) is 18.3 Å². The second kappa shape index (κ2) is 9.99. The van der Waals surface area contributed by atoms with Crippen LogP contribution in [0.2, 0.25) is 0 Å². The summed E-state index contributed by atoms with van der Waals surface area (Å²) in [7, 11) is 0. The van der Waals surface area contributed by atoms with E-state index in [2.05, 4.69) is 22.0 Å². The van der Waals surface area contributed by atoms with Crippen LogP contribution in [0.5, 0.6) is 0 Å². The summed E-state index contributed by atoms with van der Waals surface area (Å²) in [6.45, 7) is 1.78. The van der Waals surface area contributed by atoms with Gasteiger partial charge in [-0.05, 0) is 48.0 Å². The average molecular weight is 505 g/mol. The highest BCUT2D eigenvalue weighted by Gasteiger charge is 2.32. The van der Waals surface area contributed by atoms with Crippen molar-refractivity contribution in [1.82, 2.24) is 10.2 Å². The first-order valence-electron chi connectivity index (χ1n) is 11.7. The van der Waals surface area contributed by atoms with Gasteiger partial charge < -0.3 is 15.4 Å². The van der Waals surface area contributed by atoms with E-state index in [4.69, 9.17) is 10.5 Å². The van der Waals surface area contributed by atoms with Gasteiger partial charge in [0.2, 0.25) is 0 Å². The van der Waals surface area contributed by atoms with E-state index in [9.17, 15) is 18.0 Å². The van der Waals surface area contributed by atoms with Gasteiger partial charge in [0.05, 0.1) is 29.7 Å². The zero-order valence-electron chi connectivity index (χ0n) is 19.7. The number of anilines is 2. The van der Waals surface area contributed by atoms with Crippen LogP contribution in [0.15, 0.2) is 60.7 Å². The first kappa shape index (κ1) is 24.4. The van der Waals surface area contributed by atoms with Crippen LogP contribution in [0.4, 0.5) is 24.7 Å². The lowest BCUT2D eigenvalue weighted by Gasteiger charge is -2.29. The molecule has 0 amide bonds. The van der Waals surface area contributed by atoms with Crippen LogP contribution in [0.3, 0.4) is 0 Å². The Balaban J connectivity index is 1.40. The molecule has 3 N–H and O–H groups in total. The van der Waals surface area contributed by atoms with Gasteiger partial charge in [-0.25, -0.2) is 0 Å². The maximum atomic E-state index is 13.6. The minimum absolute atomic E-state index is 0.0231. The molecule has 0 unspecified atom stereocenters. The number of hydrogen-bond donors (Lipinski definition) is 2. The van der Waals surface area contributed by atoms with E-state index in [1.807, 2.05) is 18.2 Å². The Morgan fingerprint density at radius 1 is 1.05 bits per heavy atom. The van der Waals surface area contributed by atoms with E-state index in [1.165, 1.54) is 6.07 Å². The van der Waals surface area contributed by atoms with E-state index >= 15 is 0 Å². The molecule has 0 atom stereocenters. The summed E-state index contributed by atoms with van der Waals surface area (Å²) in [5.74, 6) is 6.13. The third kappa shape index (κ3) is 5.44. The summed E-state index contributed by atoms with van der Waals surface area (Å²) in [5.41, 5.74) is 8.32. The standard InChI is InChI=1S/C28H23F3N4O2/c29-28(30,31)22-15-21(16-23(17-22)35-9-11-37-12-10-35)25(36)14-19-4-1-3-18(13-19)7-8-20-5-2-6-24-26(20)27(32)34-33-24/h1-6,13,15-17H,9-12,14H2,(H3,32,33,34). The molecule has 0 aliphatic carbocycles. The van der Waals surface area contributed by atoms with E-state index < -0.39 is 17.5 Å². The molecule has 188 valence electrons. The van der Waals surface area contributed by atoms with Gasteiger partial charge in [-0.1, -0.05) is 30.0 Å². The van der Waals surface area contributed by atoms with Crippen LogP contribution in [0, 0.1) is 11.8 Å². The van der Waals surface area contributed by atoms with Gasteiger partial charge in [0.1, 0.15) is 0 Å². The number of aromatic nitrogens is 2. The number of ketones is 1. The third-order valence-electron chi connectivity index (χ3n) is 6.19. The highest BCUT2D eigenvalue weighted by Crippen LogP contribution is 2.33.